The minimum atomic E-state index is 0. The highest BCUT2D eigenvalue weighted by molar-refractivity contribution is 7.98. The highest BCUT2D eigenvalue weighted by atomic mass is 35.5. The van der Waals surface area contributed by atoms with Crippen molar-refractivity contribution >= 4 is 77.3 Å². The van der Waals surface area contributed by atoms with Crippen LogP contribution in [0.3, 0.4) is 0 Å². The quantitative estimate of drug-likeness (QED) is 0.148. The Hall–Kier alpha value is -2.45. The number of hydrogen-bond acceptors (Lipinski definition) is 5. The lowest BCUT2D eigenvalue weighted by Crippen LogP contribution is -2.33. The van der Waals surface area contributed by atoms with E-state index < -0.39 is 0 Å². The summed E-state index contributed by atoms with van der Waals surface area (Å²) in [6.45, 7) is 3.55. The molecule has 0 aliphatic carbocycles. The van der Waals surface area contributed by atoms with E-state index in [0.717, 1.165) is 53.5 Å². The maximum Gasteiger partial charge on any atom is 0.102 e. The van der Waals surface area contributed by atoms with Crippen LogP contribution in [0.2, 0.25) is 5.02 Å². The first-order chi connectivity index (χ1) is 18.2. The van der Waals surface area contributed by atoms with Gasteiger partial charge in [0.25, 0.3) is 0 Å². The summed E-state index contributed by atoms with van der Waals surface area (Å²) in [4.78, 5) is 18.1. The van der Waals surface area contributed by atoms with Crippen molar-refractivity contribution in [3.63, 3.8) is 0 Å². The first-order valence-electron chi connectivity index (χ1n) is 12.4. The van der Waals surface area contributed by atoms with Gasteiger partial charge in [0.15, 0.2) is 0 Å². The second kappa shape index (κ2) is 16.7. The number of aromatic nitrogens is 3. The number of nitrogens with one attached hydrogen (secondary N) is 1. The van der Waals surface area contributed by atoms with Gasteiger partial charge in [-0.25, -0.2) is 4.98 Å². The number of thioether (sulfide) groups is 1. The normalized spacial score (nSPS) is 10.5. The van der Waals surface area contributed by atoms with Crippen LogP contribution in [0.4, 0.5) is 5.69 Å². The highest BCUT2D eigenvalue weighted by Crippen LogP contribution is 2.33. The Balaban J connectivity index is 0.00000187. The number of nitrogens with zero attached hydrogens (tertiary/aromatic N) is 4. The average Bonchev–Trinajstić information content (AvgIpc) is 3.42. The lowest BCUT2D eigenvalue weighted by atomic mass is 10.1. The third-order valence-electron chi connectivity index (χ3n) is 6.38. The number of para-hydroxylation sites is 1. The Labute approximate surface area is 264 Å². The zero-order valence-corrected chi connectivity index (χ0v) is 26.1. The van der Waals surface area contributed by atoms with E-state index in [0.29, 0.717) is 10.8 Å². The number of likely N-dealkylation sites (N-methyl/N-ethyl adjacent to an activating group) is 1. The number of rotatable bonds is 11. The van der Waals surface area contributed by atoms with Crippen LogP contribution >= 0.6 is 60.6 Å². The van der Waals surface area contributed by atoms with Gasteiger partial charge in [-0.1, -0.05) is 78.3 Å². The molecule has 0 spiro atoms. The van der Waals surface area contributed by atoms with Crippen LogP contribution in [-0.4, -0.2) is 40.0 Å². The molecule has 5 aromatic rings. The maximum absolute atomic E-state index is 6.89. The Morgan fingerprint density at radius 1 is 0.775 bits per heavy atom. The number of H-pyrrole nitrogens is 1. The largest absolute Gasteiger partial charge is 0.372 e. The van der Waals surface area contributed by atoms with Gasteiger partial charge < -0.3 is 9.88 Å². The van der Waals surface area contributed by atoms with Crippen molar-refractivity contribution in [1.82, 2.24) is 19.9 Å². The van der Waals surface area contributed by atoms with E-state index >= 15 is 0 Å². The maximum atomic E-state index is 6.89. The molecule has 0 radical (unpaired) electrons. The zero-order chi connectivity index (χ0) is 25.5. The molecule has 0 saturated carbocycles. The van der Waals surface area contributed by atoms with Crippen molar-refractivity contribution in [2.75, 3.05) is 25.0 Å². The summed E-state index contributed by atoms with van der Waals surface area (Å²) < 4.78 is 0. The number of benzene rings is 3. The summed E-state index contributed by atoms with van der Waals surface area (Å²) in [5.41, 5.74) is 6.53. The van der Waals surface area contributed by atoms with Crippen molar-refractivity contribution in [1.29, 1.82) is 0 Å². The molecular weight excluding hydrogens is 604 g/mol. The number of hydrogen-bond donors (Lipinski definition) is 1. The van der Waals surface area contributed by atoms with Crippen LogP contribution in [0, 0.1) is 0 Å². The Kier molecular flexibility index (Phi) is 14.1. The zero-order valence-electron chi connectivity index (χ0n) is 22.1. The molecule has 0 aliphatic rings. The van der Waals surface area contributed by atoms with Crippen LogP contribution < -0.4 is 4.90 Å². The lowest BCUT2D eigenvalue weighted by molar-refractivity contribution is 0.263. The minimum Gasteiger partial charge on any atom is -0.372 e. The molecule has 1 N–H and O–H groups in total. The van der Waals surface area contributed by atoms with E-state index in [1.165, 1.54) is 11.1 Å². The molecule has 2 heterocycles. The number of fused-ring (bicyclic) bond motifs is 1. The molecule has 3 aromatic carbocycles. The van der Waals surface area contributed by atoms with E-state index in [9.17, 15) is 0 Å². The van der Waals surface area contributed by atoms with Gasteiger partial charge in [0, 0.05) is 50.1 Å². The third kappa shape index (κ3) is 8.77. The molecular formula is C30H33Cl4N5S. The van der Waals surface area contributed by atoms with Crippen LogP contribution in [-0.2, 0) is 18.8 Å². The Bertz CT molecular complexity index is 1390. The van der Waals surface area contributed by atoms with Crippen molar-refractivity contribution in [2.24, 2.45) is 0 Å². The van der Waals surface area contributed by atoms with Crippen LogP contribution in [0.1, 0.15) is 16.8 Å². The van der Waals surface area contributed by atoms with E-state index in [1.807, 2.05) is 24.4 Å². The van der Waals surface area contributed by atoms with Gasteiger partial charge in [0.1, 0.15) is 5.52 Å². The fraction of sp³-hybridized carbons (Fsp3) is 0.200. The smallest absolute Gasteiger partial charge is 0.102 e. The van der Waals surface area contributed by atoms with Crippen LogP contribution in [0.25, 0.3) is 11.0 Å². The van der Waals surface area contributed by atoms with Crippen molar-refractivity contribution in [3.8, 4) is 0 Å². The summed E-state index contributed by atoms with van der Waals surface area (Å²) in [5, 5.41) is 0.712. The van der Waals surface area contributed by atoms with Crippen molar-refractivity contribution in [2.45, 2.75) is 23.7 Å². The Morgan fingerprint density at radius 2 is 1.43 bits per heavy atom. The van der Waals surface area contributed by atoms with E-state index in [1.54, 1.807) is 18.1 Å². The number of halogens is 4. The number of imidazole rings is 1. The SMILES string of the molecule is CN(CCN(Cc1ccccc1)Cc1ccccc1)c1ccnc(CSc2cccc3[nH]cnc23)c1Cl.Cl.Cl.Cl. The molecule has 5 rings (SSSR count). The second-order valence-electron chi connectivity index (χ2n) is 9.04. The highest BCUT2D eigenvalue weighted by Gasteiger charge is 2.15. The van der Waals surface area contributed by atoms with Gasteiger partial charge in [-0.3, -0.25) is 9.88 Å². The molecule has 0 unspecified atom stereocenters. The molecule has 10 heteroatoms. The van der Waals surface area contributed by atoms with Crippen LogP contribution in [0.15, 0.2) is 102 Å². The summed E-state index contributed by atoms with van der Waals surface area (Å²) in [6.07, 6.45) is 3.59. The molecule has 5 nitrogen and oxygen atoms in total. The number of pyridine rings is 1. The van der Waals surface area contributed by atoms with Crippen LogP contribution in [0.5, 0.6) is 0 Å². The molecule has 0 aliphatic heterocycles. The molecule has 0 atom stereocenters. The second-order valence-corrected chi connectivity index (χ2v) is 10.4. The van der Waals surface area contributed by atoms with Gasteiger partial charge in [0.05, 0.1) is 28.2 Å². The molecule has 0 fully saturated rings. The minimum absolute atomic E-state index is 0. The third-order valence-corrected chi connectivity index (χ3v) is 7.85. The summed E-state index contributed by atoms with van der Waals surface area (Å²) >= 11 is 8.60. The van der Waals surface area contributed by atoms with Gasteiger partial charge >= 0.3 is 0 Å². The molecule has 0 amide bonds. The fourth-order valence-corrected chi connectivity index (χ4v) is 5.77. The lowest BCUT2D eigenvalue weighted by Gasteiger charge is -2.27. The summed E-state index contributed by atoms with van der Waals surface area (Å²) in [5.74, 6) is 0.681. The Morgan fingerprint density at radius 3 is 2.08 bits per heavy atom. The first-order valence-corrected chi connectivity index (χ1v) is 13.7. The van der Waals surface area contributed by atoms with Gasteiger partial charge in [-0.15, -0.1) is 49.0 Å². The molecule has 40 heavy (non-hydrogen) atoms. The first kappa shape index (κ1) is 33.8. The average molecular weight is 638 g/mol. The van der Waals surface area contributed by atoms with E-state index in [-0.39, 0.29) is 37.2 Å². The fourth-order valence-electron chi connectivity index (χ4n) is 4.38. The molecule has 2 aromatic heterocycles. The monoisotopic (exact) mass is 635 g/mol. The van der Waals surface area contributed by atoms with Gasteiger partial charge in [-0.05, 0) is 29.3 Å². The van der Waals surface area contributed by atoms with E-state index in [2.05, 4.69) is 98.5 Å². The molecule has 0 bridgehead atoms. The van der Waals surface area contributed by atoms with E-state index in [4.69, 9.17) is 11.6 Å². The topological polar surface area (TPSA) is 48.0 Å². The summed E-state index contributed by atoms with van der Waals surface area (Å²) in [7, 11) is 2.10. The van der Waals surface area contributed by atoms with Gasteiger partial charge in [0.2, 0.25) is 0 Å². The molecule has 0 saturated heterocycles. The molecule has 212 valence electrons. The number of anilines is 1. The number of aromatic amines is 1. The van der Waals surface area contributed by atoms with Crippen molar-refractivity contribution in [3.05, 3.63) is 119 Å². The summed E-state index contributed by atoms with van der Waals surface area (Å²) in [6, 6.07) is 29.5. The predicted molar refractivity (Wildman–Crippen MR) is 177 cm³/mol. The van der Waals surface area contributed by atoms with Gasteiger partial charge in [-0.2, -0.15) is 0 Å². The standard InChI is InChI=1S/C30H30ClN5S.3ClH/c1-35(17-18-36(19-23-9-4-2-5-10-23)20-24-11-6-3-7-12-24)27-15-16-32-26(29(27)31)21-37-28-14-8-13-25-30(28)34-22-33-25;;;/h2-16,22H,17-21H2,1H3,(H,33,34);3*1H. The predicted octanol–water partition coefficient (Wildman–Crippen LogP) is 8.31. The van der Waals surface area contributed by atoms with Crippen molar-refractivity contribution < 1.29 is 0 Å².